The highest BCUT2D eigenvalue weighted by Crippen LogP contribution is 2.38. The Morgan fingerprint density at radius 2 is 1.95 bits per heavy atom. The second-order valence-electron chi connectivity index (χ2n) is 5.09. The van der Waals surface area contributed by atoms with Gasteiger partial charge in [-0.2, -0.15) is 11.8 Å². The lowest BCUT2D eigenvalue weighted by Crippen LogP contribution is -2.42. The zero-order valence-corrected chi connectivity index (χ0v) is 13.0. The lowest BCUT2D eigenvalue weighted by atomic mass is 9.88. The zero-order chi connectivity index (χ0) is 14.4. The van der Waals surface area contributed by atoms with Crippen LogP contribution < -0.4 is 4.72 Å². The molecule has 0 radical (unpaired) electrons. The minimum absolute atomic E-state index is 0.0259. The molecule has 0 aromatic rings. The van der Waals surface area contributed by atoms with Crippen LogP contribution in [0.1, 0.15) is 44.9 Å². The minimum atomic E-state index is -3.35. The summed E-state index contributed by atoms with van der Waals surface area (Å²) in [5.41, 5.74) is 0. The second-order valence-corrected chi connectivity index (χ2v) is 8.29. The molecule has 0 unspecified atom stereocenters. The van der Waals surface area contributed by atoms with Crippen molar-refractivity contribution in [2.45, 2.75) is 49.7 Å². The van der Waals surface area contributed by atoms with Gasteiger partial charge in [0.25, 0.3) is 0 Å². The smallest absolute Gasteiger partial charge is 0.303 e. The van der Waals surface area contributed by atoms with Crippen LogP contribution in [-0.2, 0) is 14.8 Å². The average Bonchev–Trinajstić information content (AvgIpc) is 2.37. The van der Waals surface area contributed by atoms with Crippen molar-refractivity contribution in [3.63, 3.8) is 0 Å². The first-order chi connectivity index (χ1) is 8.89. The van der Waals surface area contributed by atoms with Crippen LogP contribution in [0.3, 0.4) is 0 Å². The number of thioether (sulfide) groups is 1. The molecule has 0 aromatic heterocycles. The maximum absolute atomic E-state index is 11.8. The molecule has 0 aliphatic heterocycles. The molecular formula is C12H23NO4S2. The van der Waals surface area contributed by atoms with E-state index in [1.807, 2.05) is 6.26 Å². The molecule has 112 valence electrons. The van der Waals surface area contributed by atoms with E-state index in [0.717, 1.165) is 25.7 Å². The van der Waals surface area contributed by atoms with Gasteiger partial charge < -0.3 is 5.11 Å². The number of carboxylic acids is 1. The first-order valence-electron chi connectivity index (χ1n) is 6.63. The summed E-state index contributed by atoms with van der Waals surface area (Å²) in [4.78, 5) is 10.4. The molecule has 1 fully saturated rings. The summed E-state index contributed by atoms with van der Waals surface area (Å²) in [6, 6.07) is 0. The molecule has 0 saturated heterocycles. The van der Waals surface area contributed by atoms with Crippen LogP contribution in [-0.4, -0.2) is 42.8 Å². The number of aliphatic carboxylic acids is 1. The van der Waals surface area contributed by atoms with E-state index in [9.17, 15) is 13.2 Å². The molecule has 0 spiro atoms. The number of carboxylic acid groups (broad SMARTS) is 1. The Morgan fingerprint density at radius 1 is 1.32 bits per heavy atom. The summed E-state index contributed by atoms with van der Waals surface area (Å²) >= 11 is 1.74. The molecule has 1 rings (SSSR count). The number of sulfonamides is 1. The summed E-state index contributed by atoms with van der Waals surface area (Å²) in [7, 11) is -3.35. The molecule has 5 nitrogen and oxygen atoms in total. The Balaban J connectivity index is 2.42. The molecule has 1 aliphatic rings. The molecule has 2 N–H and O–H groups in total. The number of rotatable bonds is 8. The Bertz CT molecular complexity index is 389. The van der Waals surface area contributed by atoms with Crippen molar-refractivity contribution in [1.29, 1.82) is 0 Å². The Morgan fingerprint density at radius 3 is 2.47 bits per heavy atom. The van der Waals surface area contributed by atoms with Gasteiger partial charge in [-0.1, -0.05) is 19.3 Å². The van der Waals surface area contributed by atoms with Crippen LogP contribution >= 0.6 is 11.8 Å². The van der Waals surface area contributed by atoms with Crippen LogP contribution in [0.15, 0.2) is 0 Å². The van der Waals surface area contributed by atoms with Crippen LogP contribution in [0, 0.1) is 0 Å². The van der Waals surface area contributed by atoms with Crippen molar-refractivity contribution < 1.29 is 18.3 Å². The highest BCUT2D eigenvalue weighted by molar-refractivity contribution is 8.00. The fraction of sp³-hybridized carbons (Fsp3) is 0.917. The van der Waals surface area contributed by atoms with Gasteiger partial charge in [-0.05, 0) is 25.5 Å². The van der Waals surface area contributed by atoms with Crippen molar-refractivity contribution in [1.82, 2.24) is 4.72 Å². The van der Waals surface area contributed by atoms with Crippen molar-refractivity contribution >= 4 is 27.8 Å². The molecule has 0 heterocycles. The van der Waals surface area contributed by atoms with Crippen LogP contribution in [0.4, 0.5) is 0 Å². The lowest BCUT2D eigenvalue weighted by molar-refractivity contribution is -0.137. The largest absolute Gasteiger partial charge is 0.481 e. The van der Waals surface area contributed by atoms with Gasteiger partial charge in [-0.3, -0.25) is 4.79 Å². The normalized spacial score (nSPS) is 19.2. The first-order valence-corrected chi connectivity index (χ1v) is 9.51. The fourth-order valence-corrected chi connectivity index (χ4v) is 4.55. The standard InChI is InChI=1S/C12H23NO4S2/c1-18-12(7-3-2-4-8-12)10-13-19(16,17)9-5-6-11(14)15/h13H,2-10H2,1H3,(H,14,15). The van der Waals surface area contributed by atoms with E-state index < -0.39 is 16.0 Å². The molecule has 7 heteroatoms. The fourth-order valence-electron chi connectivity index (χ4n) is 2.38. The molecule has 1 aliphatic carbocycles. The molecular weight excluding hydrogens is 286 g/mol. The highest BCUT2D eigenvalue weighted by Gasteiger charge is 2.32. The van der Waals surface area contributed by atoms with Crippen molar-refractivity contribution in [3.05, 3.63) is 0 Å². The third-order valence-electron chi connectivity index (χ3n) is 3.62. The molecule has 19 heavy (non-hydrogen) atoms. The van der Waals surface area contributed by atoms with Gasteiger partial charge >= 0.3 is 5.97 Å². The topological polar surface area (TPSA) is 83.5 Å². The van der Waals surface area contributed by atoms with Crippen LogP contribution in [0.2, 0.25) is 0 Å². The van der Waals surface area contributed by atoms with E-state index in [0.29, 0.717) is 6.54 Å². The molecule has 1 saturated carbocycles. The summed E-state index contributed by atoms with van der Waals surface area (Å²) in [6.07, 6.45) is 7.73. The number of carbonyl (C=O) groups is 1. The van der Waals surface area contributed by atoms with E-state index >= 15 is 0 Å². The van der Waals surface area contributed by atoms with Gasteiger partial charge in [0, 0.05) is 17.7 Å². The molecule has 0 atom stereocenters. The van der Waals surface area contributed by atoms with Gasteiger partial charge in [0.15, 0.2) is 0 Å². The quantitative estimate of drug-likeness (QED) is 0.715. The minimum Gasteiger partial charge on any atom is -0.481 e. The monoisotopic (exact) mass is 309 g/mol. The van der Waals surface area contributed by atoms with Gasteiger partial charge in [-0.15, -0.1) is 0 Å². The van der Waals surface area contributed by atoms with Gasteiger partial charge in [0.05, 0.1) is 5.75 Å². The Labute approximate surface area is 119 Å². The third kappa shape index (κ3) is 6.14. The number of nitrogens with one attached hydrogen (secondary N) is 1. The van der Waals surface area contributed by atoms with E-state index in [4.69, 9.17) is 5.11 Å². The van der Waals surface area contributed by atoms with E-state index in [1.54, 1.807) is 11.8 Å². The summed E-state index contributed by atoms with van der Waals surface area (Å²) in [5, 5.41) is 8.50. The van der Waals surface area contributed by atoms with Crippen LogP contribution in [0.25, 0.3) is 0 Å². The van der Waals surface area contributed by atoms with Crippen molar-refractivity contribution in [3.8, 4) is 0 Å². The third-order valence-corrected chi connectivity index (χ3v) is 6.44. The molecule has 0 amide bonds. The highest BCUT2D eigenvalue weighted by atomic mass is 32.2. The van der Waals surface area contributed by atoms with E-state index in [2.05, 4.69) is 4.72 Å². The first kappa shape index (κ1) is 16.8. The zero-order valence-electron chi connectivity index (χ0n) is 11.4. The van der Waals surface area contributed by atoms with E-state index in [-0.39, 0.29) is 23.3 Å². The maximum atomic E-state index is 11.8. The van der Waals surface area contributed by atoms with Crippen LogP contribution in [0.5, 0.6) is 0 Å². The number of hydrogen-bond acceptors (Lipinski definition) is 4. The Hall–Kier alpha value is -0.270. The SMILES string of the molecule is CSC1(CNS(=O)(=O)CCCC(=O)O)CCCCC1. The van der Waals surface area contributed by atoms with Gasteiger partial charge in [0.2, 0.25) is 10.0 Å². The number of hydrogen-bond donors (Lipinski definition) is 2. The Kier molecular flexibility index (Phi) is 6.62. The van der Waals surface area contributed by atoms with Gasteiger partial charge in [0.1, 0.15) is 0 Å². The lowest BCUT2D eigenvalue weighted by Gasteiger charge is -2.35. The van der Waals surface area contributed by atoms with Gasteiger partial charge in [-0.25, -0.2) is 13.1 Å². The predicted molar refractivity (Wildman–Crippen MR) is 78.0 cm³/mol. The van der Waals surface area contributed by atoms with E-state index in [1.165, 1.54) is 6.42 Å². The predicted octanol–water partition coefficient (Wildman–Crippen LogP) is 1.84. The second kappa shape index (κ2) is 7.50. The summed E-state index contributed by atoms with van der Waals surface area (Å²) in [5.74, 6) is -1.06. The molecule has 0 bridgehead atoms. The summed E-state index contributed by atoms with van der Waals surface area (Å²) in [6.45, 7) is 0.462. The van der Waals surface area contributed by atoms with Crippen molar-refractivity contribution in [2.75, 3.05) is 18.6 Å². The average molecular weight is 309 g/mol. The maximum Gasteiger partial charge on any atom is 0.303 e. The molecule has 0 aromatic carbocycles. The van der Waals surface area contributed by atoms with Crippen molar-refractivity contribution in [2.24, 2.45) is 0 Å². The summed E-state index contributed by atoms with van der Waals surface area (Å²) < 4.78 is 26.3.